The van der Waals surface area contributed by atoms with Crippen LogP contribution in [0.15, 0.2) is 24.3 Å². The number of fused-ring (bicyclic) bond motifs is 1. The first kappa shape index (κ1) is 13.6. The Balaban J connectivity index is 1.99. The van der Waals surface area contributed by atoms with Crippen LogP contribution in [-0.4, -0.2) is 16.8 Å². The molecule has 108 valence electrons. The number of nitrogens with zero attached hydrogens (tertiary/aromatic N) is 1. The Morgan fingerprint density at radius 1 is 1.24 bits per heavy atom. The highest BCUT2D eigenvalue weighted by molar-refractivity contribution is 7.80. The molecule has 3 rings (SSSR count). The van der Waals surface area contributed by atoms with Gasteiger partial charge in [-0.05, 0) is 37.6 Å². The van der Waals surface area contributed by atoms with Gasteiger partial charge in [-0.3, -0.25) is 0 Å². The maximum absolute atomic E-state index is 5.82. The highest BCUT2D eigenvalue weighted by Crippen LogP contribution is 2.35. The van der Waals surface area contributed by atoms with Gasteiger partial charge in [0.15, 0.2) is 11.5 Å². The quantitative estimate of drug-likeness (QED) is 0.850. The number of benzene rings is 1. The summed E-state index contributed by atoms with van der Waals surface area (Å²) in [6.45, 7) is 4.15. The predicted octanol–water partition coefficient (Wildman–Crippen LogP) is 2.80. The van der Waals surface area contributed by atoms with Crippen molar-refractivity contribution in [2.45, 2.75) is 13.8 Å². The van der Waals surface area contributed by atoms with Gasteiger partial charge in [-0.1, -0.05) is 12.2 Å². The molecule has 1 aliphatic rings. The smallest absolute Gasteiger partial charge is 0.231 e. The van der Waals surface area contributed by atoms with E-state index in [4.69, 9.17) is 27.4 Å². The standard InChI is InChI=1S/C15H15N3O2S/c1-8-5-9(2)17-15(13(8)14(16)21)18-10-3-4-11-12(6-10)20-7-19-11/h3-6H,7H2,1-2H3,(H2,16,21)(H,17,18). The predicted molar refractivity (Wildman–Crippen MR) is 85.4 cm³/mol. The number of hydrogen-bond acceptors (Lipinski definition) is 5. The third-order valence-corrected chi connectivity index (χ3v) is 3.43. The lowest BCUT2D eigenvalue weighted by atomic mass is 10.1. The molecule has 0 amide bonds. The number of nitrogens with two attached hydrogens (primary N) is 1. The minimum absolute atomic E-state index is 0.249. The monoisotopic (exact) mass is 301 g/mol. The Morgan fingerprint density at radius 3 is 2.76 bits per heavy atom. The van der Waals surface area contributed by atoms with Gasteiger partial charge in [0.25, 0.3) is 0 Å². The molecule has 6 heteroatoms. The van der Waals surface area contributed by atoms with Crippen molar-refractivity contribution < 1.29 is 9.47 Å². The number of pyridine rings is 1. The van der Waals surface area contributed by atoms with Crippen LogP contribution in [-0.2, 0) is 0 Å². The van der Waals surface area contributed by atoms with Crippen molar-refractivity contribution in [3.05, 3.63) is 41.1 Å². The van der Waals surface area contributed by atoms with Crippen LogP contribution in [0.3, 0.4) is 0 Å². The van der Waals surface area contributed by atoms with Crippen LogP contribution in [0, 0.1) is 13.8 Å². The molecule has 2 aromatic rings. The molecule has 0 radical (unpaired) electrons. The first-order valence-electron chi connectivity index (χ1n) is 6.49. The lowest BCUT2D eigenvalue weighted by molar-refractivity contribution is 0.174. The maximum Gasteiger partial charge on any atom is 0.231 e. The van der Waals surface area contributed by atoms with Crippen molar-refractivity contribution >= 4 is 28.7 Å². The second-order valence-corrected chi connectivity index (χ2v) is 5.30. The minimum atomic E-state index is 0.249. The summed E-state index contributed by atoms with van der Waals surface area (Å²) >= 11 is 5.13. The van der Waals surface area contributed by atoms with Crippen molar-refractivity contribution in [1.29, 1.82) is 0 Å². The van der Waals surface area contributed by atoms with Gasteiger partial charge in [-0.2, -0.15) is 0 Å². The van der Waals surface area contributed by atoms with Crippen LogP contribution in [0.25, 0.3) is 0 Å². The van der Waals surface area contributed by atoms with Crippen LogP contribution in [0.1, 0.15) is 16.8 Å². The van der Waals surface area contributed by atoms with Crippen LogP contribution in [0.2, 0.25) is 0 Å². The summed E-state index contributed by atoms with van der Waals surface area (Å²) in [5.74, 6) is 2.10. The van der Waals surface area contributed by atoms with Crippen molar-refractivity contribution in [3.8, 4) is 11.5 Å². The maximum atomic E-state index is 5.82. The van der Waals surface area contributed by atoms with E-state index < -0.39 is 0 Å². The second kappa shape index (κ2) is 5.21. The fourth-order valence-electron chi connectivity index (χ4n) is 2.35. The van der Waals surface area contributed by atoms with Gasteiger partial charge in [0, 0.05) is 17.4 Å². The number of thiocarbonyl (C=S) groups is 1. The normalized spacial score (nSPS) is 12.3. The van der Waals surface area contributed by atoms with E-state index in [0.717, 1.165) is 28.3 Å². The van der Waals surface area contributed by atoms with Crippen molar-refractivity contribution in [2.75, 3.05) is 12.1 Å². The molecule has 2 heterocycles. The number of anilines is 2. The van der Waals surface area contributed by atoms with Crippen molar-refractivity contribution in [2.24, 2.45) is 5.73 Å². The topological polar surface area (TPSA) is 69.4 Å². The zero-order valence-corrected chi connectivity index (χ0v) is 12.6. The summed E-state index contributed by atoms with van der Waals surface area (Å²) in [4.78, 5) is 4.82. The number of nitrogens with one attached hydrogen (secondary N) is 1. The molecular weight excluding hydrogens is 286 g/mol. The molecule has 0 saturated carbocycles. The van der Waals surface area contributed by atoms with Gasteiger partial charge in [0.05, 0.1) is 5.56 Å². The average Bonchev–Trinajstić information content (AvgIpc) is 2.84. The fourth-order valence-corrected chi connectivity index (χ4v) is 2.61. The third-order valence-electron chi connectivity index (χ3n) is 3.23. The number of aryl methyl sites for hydroxylation is 2. The summed E-state index contributed by atoms with van der Waals surface area (Å²) in [5.41, 5.74) is 9.31. The molecule has 1 aliphatic heterocycles. The van der Waals surface area contributed by atoms with E-state index in [-0.39, 0.29) is 6.79 Å². The third kappa shape index (κ3) is 2.62. The van der Waals surface area contributed by atoms with Crippen molar-refractivity contribution in [3.63, 3.8) is 0 Å². The molecule has 0 aliphatic carbocycles. The number of hydrogen-bond donors (Lipinski definition) is 2. The fraction of sp³-hybridized carbons (Fsp3) is 0.200. The Morgan fingerprint density at radius 2 is 2.00 bits per heavy atom. The molecule has 0 spiro atoms. The first-order chi connectivity index (χ1) is 10.0. The molecule has 0 bridgehead atoms. The van der Waals surface area contributed by atoms with Crippen LogP contribution >= 0.6 is 12.2 Å². The first-order valence-corrected chi connectivity index (χ1v) is 6.90. The molecule has 0 unspecified atom stereocenters. The summed E-state index contributed by atoms with van der Waals surface area (Å²) in [6.07, 6.45) is 0. The zero-order chi connectivity index (χ0) is 15.0. The van der Waals surface area contributed by atoms with E-state index >= 15 is 0 Å². The molecule has 5 nitrogen and oxygen atoms in total. The zero-order valence-electron chi connectivity index (χ0n) is 11.8. The van der Waals surface area contributed by atoms with Gasteiger partial charge in [0.1, 0.15) is 10.8 Å². The van der Waals surface area contributed by atoms with E-state index in [0.29, 0.717) is 16.6 Å². The molecule has 0 fully saturated rings. The van der Waals surface area contributed by atoms with Crippen LogP contribution in [0.4, 0.5) is 11.5 Å². The highest BCUT2D eigenvalue weighted by Gasteiger charge is 2.15. The largest absolute Gasteiger partial charge is 0.454 e. The summed E-state index contributed by atoms with van der Waals surface area (Å²) < 4.78 is 10.7. The Kier molecular flexibility index (Phi) is 3.39. The molecule has 1 aromatic carbocycles. The number of rotatable bonds is 3. The van der Waals surface area contributed by atoms with E-state index in [1.807, 2.05) is 38.1 Å². The van der Waals surface area contributed by atoms with E-state index in [1.54, 1.807) is 0 Å². The van der Waals surface area contributed by atoms with Gasteiger partial charge in [-0.15, -0.1) is 0 Å². The lowest BCUT2D eigenvalue weighted by Crippen LogP contribution is -2.15. The van der Waals surface area contributed by atoms with Crippen LogP contribution in [0.5, 0.6) is 11.5 Å². The summed E-state index contributed by atoms with van der Waals surface area (Å²) in [7, 11) is 0. The summed E-state index contributed by atoms with van der Waals surface area (Å²) in [5, 5.41) is 3.25. The molecule has 1 aromatic heterocycles. The van der Waals surface area contributed by atoms with Gasteiger partial charge in [0.2, 0.25) is 6.79 Å². The molecule has 0 saturated heterocycles. The van der Waals surface area contributed by atoms with E-state index in [1.165, 1.54) is 0 Å². The van der Waals surface area contributed by atoms with Crippen molar-refractivity contribution in [1.82, 2.24) is 4.98 Å². The number of aromatic nitrogens is 1. The van der Waals surface area contributed by atoms with Crippen LogP contribution < -0.4 is 20.5 Å². The lowest BCUT2D eigenvalue weighted by Gasteiger charge is -2.14. The van der Waals surface area contributed by atoms with Gasteiger partial charge < -0.3 is 20.5 Å². The van der Waals surface area contributed by atoms with Gasteiger partial charge >= 0.3 is 0 Å². The Hall–Kier alpha value is -2.34. The Bertz CT molecular complexity index is 731. The highest BCUT2D eigenvalue weighted by atomic mass is 32.1. The average molecular weight is 301 g/mol. The second-order valence-electron chi connectivity index (χ2n) is 4.86. The molecule has 0 atom stereocenters. The van der Waals surface area contributed by atoms with Gasteiger partial charge in [-0.25, -0.2) is 4.98 Å². The molecular formula is C15H15N3O2S. The van der Waals surface area contributed by atoms with E-state index in [9.17, 15) is 0 Å². The van der Waals surface area contributed by atoms with E-state index in [2.05, 4.69) is 10.3 Å². The summed E-state index contributed by atoms with van der Waals surface area (Å²) in [6, 6.07) is 7.58. The minimum Gasteiger partial charge on any atom is -0.454 e. The number of ether oxygens (including phenoxy) is 2. The Labute approximate surface area is 128 Å². The molecule has 3 N–H and O–H groups in total. The molecule has 21 heavy (non-hydrogen) atoms. The SMILES string of the molecule is Cc1cc(C)c(C(N)=S)c(Nc2ccc3c(c2)OCO3)n1.